The van der Waals surface area contributed by atoms with Crippen LogP contribution in [0.1, 0.15) is 17.5 Å². The summed E-state index contributed by atoms with van der Waals surface area (Å²) >= 11 is 0. The van der Waals surface area contributed by atoms with Crippen molar-refractivity contribution in [2.45, 2.75) is 23.5 Å². The fourth-order valence-corrected chi connectivity index (χ4v) is 3.01. The molecule has 7 heteroatoms. The zero-order valence-corrected chi connectivity index (χ0v) is 11.3. The lowest BCUT2D eigenvalue weighted by Crippen LogP contribution is -2.04. The van der Waals surface area contributed by atoms with Gasteiger partial charge in [-0.2, -0.15) is 0 Å². The van der Waals surface area contributed by atoms with Crippen molar-refractivity contribution >= 4 is 15.8 Å². The Bertz CT molecular complexity index is 674. The second kappa shape index (κ2) is 5.87. The van der Waals surface area contributed by atoms with Crippen molar-refractivity contribution in [1.82, 2.24) is 5.16 Å². The summed E-state index contributed by atoms with van der Waals surface area (Å²) in [6, 6.07) is 6.23. The van der Waals surface area contributed by atoms with E-state index in [1.807, 2.05) is 0 Å². The second-order valence-corrected chi connectivity index (χ2v) is 6.32. The number of rotatable bonds is 6. The molecule has 0 saturated carbocycles. The number of carboxylic acid groups (broad SMARTS) is 1. The SMILES string of the molecule is O=C(O)CCc1ccc(S(=O)(=O)Cc2cnoc2)cc1. The van der Waals surface area contributed by atoms with Gasteiger partial charge in [-0.25, -0.2) is 8.42 Å². The predicted octanol–water partition coefficient (Wildman–Crippen LogP) is 1.67. The zero-order chi connectivity index (χ0) is 14.6. The highest BCUT2D eigenvalue weighted by atomic mass is 32.2. The van der Waals surface area contributed by atoms with Gasteiger partial charge in [0.1, 0.15) is 6.26 Å². The quantitative estimate of drug-likeness (QED) is 0.870. The van der Waals surface area contributed by atoms with Crippen LogP contribution in [0.2, 0.25) is 0 Å². The maximum Gasteiger partial charge on any atom is 0.303 e. The van der Waals surface area contributed by atoms with Gasteiger partial charge in [-0.1, -0.05) is 17.3 Å². The minimum absolute atomic E-state index is 0.0206. The molecule has 0 saturated heterocycles. The first kappa shape index (κ1) is 14.3. The van der Waals surface area contributed by atoms with Gasteiger partial charge >= 0.3 is 5.97 Å². The monoisotopic (exact) mass is 295 g/mol. The molecule has 0 atom stereocenters. The summed E-state index contributed by atoms with van der Waals surface area (Å²) in [7, 11) is -3.45. The summed E-state index contributed by atoms with van der Waals surface area (Å²) < 4.78 is 28.8. The lowest BCUT2D eigenvalue weighted by molar-refractivity contribution is -0.136. The van der Waals surface area contributed by atoms with Gasteiger partial charge in [0.05, 0.1) is 16.8 Å². The van der Waals surface area contributed by atoms with E-state index in [0.29, 0.717) is 12.0 Å². The number of sulfone groups is 1. The van der Waals surface area contributed by atoms with Crippen LogP contribution < -0.4 is 0 Å². The number of carbonyl (C=O) groups is 1. The molecule has 0 radical (unpaired) electrons. The molecule has 0 amide bonds. The molecule has 0 aliphatic rings. The number of benzene rings is 1. The predicted molar refractivity (Wildman–Crippen MR) is 69.8 cm³/mol. The van der Waals surface area contributed by atoms with Gasteiger partial charge in [0, 0.05) is 12.0 Å². The molecule has 0 aliphatic carbocycles. The van der Waals surface area contributed by atoms with E-state index in [1.54, 1.807) is 12.1 Å². The van der Waals surface area contributed by atoms with Gasteiger partial charge in [0.25, 0.3) is 0 Å². The fraction of sp³-hybridized carbons (Fsp3) is 0.231. The minimum atomic E-state index is -3.45. The van der Waals surface area contributed by atoms with Crippen LogP contribution in [0.25, 0.3) is 0 Å². The number of carboxylic acids is 1. The van der Waals surface area contributed by atoms with Crippen LogP contribution in [0, 0.1) is 0 Å². The Balaban J connectivity index is 2.10. The third-order valence-electron chi connectivity index (χ3n) is 2.75. The van der Waals surface area contributed by atoms with E-state index in [-0.39, 0.29) is 17.1 Å². The topological polar surface area (TPSA) is 97.5 Å². The van der Waals surface area contributed by atoms with Crippen LogP contribution in [0.5, 0.6) is 0 Å². The van der Waals surface area contributed by atoms with Crippen molar-refractivity contribution in [2.75, 3.05) is 0 Å². The van der Waals surface area contributed by atoms with Crippen molar-refractivity contribution in [3.8, 4) is 0 Å². The molecule has 2 rings (SSSR count). The number of hydrogen-bond donors (Lipinski definition) is 1. The van der Waals surface area contributed by atoms with Crippen LogP contribution in [0.3, 0.4) is 0 Å². The van der Waals surface area contributed by atoms with E-state index in [2.05, 4.69) is 9.68 Å². The van der Waals surface area contributed by atoms with Gasteiger partial charge in [0.15, 0.2) is 9.84 Å². The molecule has 1 heterocycles. The van der Waals surface area contributed by atoms with E-state index < -0.39 is 15.8 Å². The Kier molecular flexibility index (Phi) is 4.19. The maximum absolute atomic E-state index is 12.1. The van der Waals surface area contributed by atoms with Crippen LogP contribution in [0.4, 0.5) is 0 Å². The first-order valence-corrected chi connectivity index (χ1v) is 7.54. The lowest BCUT2D eigenvalue weighted by atomic mass is 10.1. The molecular formula is C13H13NO5S. The molecule has 0 aliphatic heterocycles. The molecule has 0 unspecified atom stereocenters. The van der Waals surface area contributed by atoms with Crippen molar-refractivity contribution < 1.29 is 22.8 Å². The minimum Gasteiger partial charge on any atom is -0.481 e. The molecule has 1 aromatic heterocycles. The van der Waals surface area contributed by atoms with Crippen molar-refractivity contribution in [1.29, 1.82) is 0 Å². The molecule has 6 nitrogen and oxygen atoms in total. The molecule has 1 N–H and O–H groups in total. The number of aliphatic carboxylic acids is 1. The van der Waals surface area contributed by atoms with Gasteiger partial charge in [-0.15, -0.1) is 0 Å². The summed E-state index contributed by atoms with van der Waals surface area (Å²) in [6.07, 6.45) is 3.05. The Morgan fingerprint density at radius 1 is 1.20 bits per heavy atom. The highest BCUT2D eigenvalue weighted by molar-refractivity contribution is 7.90. The Morgan fingerprint density at radius 3 is 2.45 bits per heavy atom. The smallest absolute Gasteiger partial charge is 0.303 e. The van der Waals surface area contributed by atoms with Crippen molar-refractivity contribution in [3.63, 3.8) is 0 Å². The molecule has 2 aromatic rings. The van der Waals surface area contributed by atoms with Gasteiger partial charge in [-0.3, -0.25) is 4.79 Å². The Labute approximate surface area is 115 Å². The Morgan fingerprint density at radius 2 is 1.90 bits per heavy atom. The lowest BCUT2D eigenvalue weighted by Gasteiger charge is -2.04. The molecule has 0 fully saturated rings. The molecular weight excluding hydrogens is 282 g/mol. The highest BCUT2D eigenvalue weighted by Gasteiger charge is 2.16. The van der Waals surface area contributed by atoms with Crippen molar-refractivity contribution in [2.24, 2.45) is 0 Å². The molecule has 1 aromatic carbocycles. The van der Waals surface area contributed by atoms with Crippen LogP contribution in [-0.2, 0) is 26.8 Å². The van der Waals surface area contributed by atoms with Gasteiger partial charge in [0.2, 0.25) is 0 Å². The van der Waals surface area contributed by atoms with Crippen molar-refractivity contribution in [3.05, 3.63) is 47.9 Å². The van der Waals surface area contributed by atoms with E-state index in [9.17, 15) is 13.2 Å². The fourth-order valence-electron chi connectivity index (χ4n) is 1.72. The number of aryl methyl sites for hydroxylation is 1. The average molecular weight is 295 g/mol. The second-order valence-electron chi connectivity index (χ2n) is 4.33. The molecule has 106 valence electrons. The molecule has 20 heavy (non-hydrogen) atoms. The third kappa shape index (κ3) is 3.67. The standard InChI is InChI=1S/C13H13NO5S/c15-13(16)6-3-10-1-4-12(5-2-10)20(17,18)9-11-7-14-19-8-11/h1-2,4-5,7-8H,3,6,9H2,(H,15,16). The van der Waals surface area contributed by atoms with Crippen LogP contribution in [0.15, 0.2) is 46.1 Å². The first-order chi connectivity index (χ1) is 9.47. The van der Waals surface area contributed by atoms with Gasteiger partial charge < -0.3 is 9.63 Å². The Hall–Kier alpha value is -2.15. The van der Waals surface area contributed by atoms with E-state index in [4.69, 9.17) is 5.11 Å². The maximum atomic E-state index is 12.1. The molecule has 0 spiro atoms. The summed E-state index contributed by atoms with van der Waals surface area (Å²) in [4.78, 5) is 10.7. The first-order valence-electron chi connectivity index (χ1n) is 5.89. The summed E-state index contributed by atoms with van der Waals surface area (Å²) in [5.74, 6) is -1.06. The largest absolute Gasteiger partial charge is 0.481 e. The van der Waals surface area contributed by atoms with E-state index >= 15 is 0 Å². The van der Waals surface area contributed by atoms with E-state index in [1.165, 1.54) is 24.6 Å². The summed E-state index contributed by atoms with van der Waals surface area (Å²) in [5, 5.41) is 12.1. The summed E-state index contributed by atoms with van der Waals surface area (Å²) in [6.45, 7) is 0. The highest BCUT2D eigenvalue weighted by Crippen LogP contribution is 2.17. The number of hydrogen-bond acceptors (Lipinski definition) is 5. The average Bonchev–Trinajstić information content (AvgIpc) is 2.89. The summed E-state index contributed by atoms with van der Waals surface area (Å²) in [5.41, 5.74) is 1.27. The van der Waals surface area contributed by atoms with Crippen LogP contribution >= 0.6 is 0 Å². The molecule has 0 bridgehead atoms. The third-order valence-corrected chi connectivity index (χ3v) is 4.45. The normalized spacial score (nSPS) is 11.4. The van der Waals surface area contributed by atoms with Gasteiger partial charge in [-0.05, 0) is 24.1 Å². The van der Waals surface area contributed by atoms with E-state index in [0.717, 1.165) is 5.56 Å². The zero-order valence-electron chi connectivity index (χ0n) is 10.5. The number of nitrogens with zero attached hydrogens (tertiary/aromatic N) is 1. The number of aromatic nitrogens is 1. The van der Waals surface area contributed by atoms with Crippen LogP contribution in [-0.4, -0.2) is 24.7 Å².